The van der Waals surface area contributed by atoms with E-state index in [1.54, 1.807) is 18.2 Å². The van der Waals surface area contributed by atoms with Crippen molar-refractivity contribution in [1.82, 2.24) is 0 Å². The fourth-order valence-electron chi connectivity index (χ4n) is 2.46. The first-order chi connectivity index (χ1) is 12.3. The predicted molar refractivity (Wildman–Crippen MR) is 95.7 cm³/mol. The van der Waals surface area contributed by atoms with Crippen molar-refractivity contribution >= 4 is 17.3 Å². The summed E-state index contributed by atoms with van der Waals surface area (Å²) in [6.07, 6.45) is -3.65. The Labute approximate surface area is 150 Å². The topological polar surface area (TPSA) is 50.4 Å². The second-order valence-corrected chi connectivity index (χ2v) is 5.76. The van der Waals surface area contributed by atoms with Crippen LogP contribution in [-0.2, 0) is 11.2 Å². The molecule has 0 aliphatic rings. The lowest BCUT2D eigenvalue weighted by atomic mass is 10.1. The third kappa shape index (κ3) is 5.68. The number of aryl methyl sites for hydroxylation is 2. The number of benzene rings is 2. The molecule has 2 aromatic rings. The van der Waals surface area contributed by atoms with Gasteiger partial charge in [-0.15, -0.1) is 0 Å². The SMILES string of the molecule is CCc1cccc(C)c1NC(=O)CNc1ccccc1OCC(F)(F)F. The molecule has 0 unspecified atom stereocenters. The molecule has 2 aromatic carbocycles. The Bertz CT molecular complexity index is 761. The Morgan fingerprint density at radius 3 is 2.54 bits per heavy atom. The van der Waals surface area contributed by atoms with Gasteiger partial charge in [-0.05, 0) is 36.6 Å². The molecule has 0 heterocycles. The number of nitrogens with one attached hydrogen (secondary N) is 2. The first-order valence-electron chi connectivity index (χ1n) is 8.21. The van der Waals surface area contributed by atoms with Gasteiger partial charge in [-0.3, -0.25) is 4.79 Å². The summed E-state index contributed by atoms with van der Waals surface area (Å²) in [7, 11) is 0. The lowest BCUT2D eigenvalue weighted by Gasteiger charge is -2.16. The molecule has 0 aromatic heterocycles. The zero-order valence-electron chi connectivity index (χ0n) is 14.6. The van der Waals surface area contributed by atoms with Gasteiger partial charge in [0.15, 0.2) is 6.61 Å². The van der Waals surface area contributed by atoms with Crippen LogP contribution in [0.5, 0.6) is 5.75 Å². The highest BCUT2D eigenvalue weighted by Crippen LogP contribution is 2.26. The summed E-state index contributed by atoms with van der Waals surface area (Å²) in [6, 6.07) is 12.0. The van der Waals surface area contributed by atoms with Crippen molar-refractivity contribution in [3.05, 3.63) is 53.6 Å². The fourth-order valence-corrected chi connectivity index (χ4v) is 2.46. The molecule has 0 fully saturated rings. The van der Waals surface area contributed by atoms with Crippen molar-refractivity contribution in [1.29, 1.82) is 0 Å². The highest BCUT2D eigenvalue weighted by molar-refractivity contribution is 5.95. The molecular weight excluding hydrogens is 345 g/mol. The van der Waals surface area contributed by atoms with E-state index in [-0.39, 0.29) is 18.2 Å². The van der Waals surface area contributed by atoms with E-state index in [4.69, 9.17) is 4.74 Å². The van der Waals surface area contributed by atoms with E-state index >= 15 is 0 Å². The Balaban J connectivity index is 2.00. The monoisotopic (exact) mass is 366 g/mol. The van der Waals surface area contributed by atoms with Crippen molar-refractivity contribution in [2.45, 2.75) is 26.4 Å². The standard InChI is InChI=1S/C19H21F3N2O2/c1-3-14-8-6-7-13(2)18(14)24-17(25)11-23-15-9-4-5-10-16(15)26-12-19(20,21)22/h4-10,23H,3,11-12H2,1-2H3,(H,24,25). The van der Waals surface area contributed by atoms with Crippen molar-refractivity contribution in [3.8, 4) is 5.75 Å². The van der Waals surface area contributed by atoms with Crippen molar-refractivity contribution in [2.24, 2.45) is 0 Å². The summed E-state index contributed by atoms with van der Waals surface area (Å²) in [5, 5.41) is 5.68. The van der Waals surface area contributed by atoms with E-state index in [2.05, 4.69) is 10.6 Å². The van der Waals surface area contributed by atoms with E-state index < -0.39 is 12.8 Å². The second-order valence-electron chi connectivity index (χ2n) is 5.76. The number of alkyl halides is 3. The van der Waals surface area contributed by atoms with Crippen LogP contribution in [-0.4, -0.2) is 25.2 Å². The lowest BCUT2D eigenvalue weighted by Crippen LogP contribution is -2.24. The third-order valence-electron chi connectivity index (χ3n) is 3.72. The first kappa shape index (κ1) is 19.6. The van der Waals surface area contributed by atoms with Crippen LogP contribution in [0.3, 0.4) is 0 Å². The van der Waals surface area contributed by atoms with E-state index in [9.17, 15) is 18.0 Å². The largest absolute Gasteiger partial charge is 0.482 e. The number of ether oxygens (including phenoxy) is 1. The molecule has 0 aliphatic carbocycles. The normalized spacial score (nSPS) is 11.1. The van der Waals surface area contributed by atoms with E-state index in [1.807, 2.05) is 32.0 Å². The number of halogens is 3. The average Bonchev–Trinajstić information content (AvgIpc) is 2.60. The van der Waals surface area contributed by atoms with Crippen molar-refractivity contribution in [2.75, 3.05) is 23.8 Å². The maximum absolute atomic E-state index is 12.3. The minimum atomic E-state index is -4.42. The van der Waals surface area contributed by atoms with Gasteiger partial charge in [0.1, 0.15) is 5.75 Å². The Hall–Kier alpha value is -2.70. The molecule has 2 N–H and O–H groups in total. The van der Waals surface area contributed by atoms with Gasteiger partial charge in [0.05, 0.1) is 12.2 Å². The zero-order valence-corrected chi connectivity index (χ0v) is 14.6. The molecule has 1 amide bonds. The maximum Gasteiger partial charge on any atom is 0.422 e. The first-order valence-corrected chi connectivity index (χ1v) is 8.21. The minimum Gasteiger partial charge on any atom is -0.482 e. The van der Waals surface area contributed by atoms with Crippen LogP contribution >= 0.6 is 0 Å². The summed E-state index contributed by atoms with van der Waals surface area (Å²) in [4.78, 5) is 12.2. The second kappa shape index (κ2) is 8.60. The van der Waals surface area contributed by atoms with Crippen LogP contribution in [0.4, 0.5) is 24.5 Å². The molecule has 26 heavy (non-hydrogen) atoms. The fraction of sp³-hybridized carbons (Fsp3) is 0.316. The van der Waals surface area contributed by atoms with Crippen molar-refractivity contribution < 1.29 is 22.7 Å². The Morgan fingerprint density at radius 1 is 1.12 bits per heavy atom. The van der Waals surface area contributed by atoms with E-state index in [0.29, 0.717) is 5.69 Å². The van der Waals surface area contributed by atoms with Gasteiger partial charge in [0.25, 0.3) is 0 Å². The molecule has 4 nitrogen and oxygen atoms in total. The smallest absolute Gasteiger partial charge is 0.422 e. The van der Waals surface area contributed by atoms with Crippen LogP contribution in [0.1, 0.15) is 18.1 Å². The number of anilines is 2. The van der Waals surface area contributed by atoms with E-state index in [1.165, 1.54) is 6.07 Å². The molecule has 0 bridgehead atoms. The number of rotatable bonds is 7. The average molecular weight is 366 g/mol. The summed E-state index contributed by atoms with van der Waals surface area (Å²) in [5.74, 6) is -0.248. The quantitative estimate of drug-likeness (QED) is 0.756. The number of para-hydroxylation sites is 3. The molecule has 0 saturated carbocycles. The van der Waals surface area contributed by atoms with Gasteiger partial charge in [-0.2, -0.15) is 13.2 Å². The molecule has 7 heteroatoms. The summed E-state index contributed by atoms with van der Waals surface area (Å²) in [6.45, 7) is 2.42. The van der Waals surface area contributed by atoms with Crippen LogP contribution in [0.15, 0.2) is 42.5 Å². The molecule has 2 rings (SSSR count). The van der Waals surface area contributed by atoms with Gasteiger partial charge in [-0.25, -0.2) is 0 Å². The Kier molecular flexibility index (Phi) is 6.49. The number of carbonyl (C=O) groups is 1. The lowest BCUT2D eigenvalue weighted by molar-refractivity contribution is -0.153. The molecule has 140 valence electrons. The van der Waals surface area contributed by atoms with Gasteiger partial charge >= 0.3 is 6.18 Å². The number of hydrogen-bond donors (Lipinski definition) is 2. The molecule has 0 atom stereocenters. The molecule has 0 radical (unpaired) electrons. The molecule has 0 spiro atoms. The molecule has 0 saturated heterocycles. The van der Waals surface area contributed by atoms with Crippen LogP contribution < -0.4 is 15.4 Å². The predicted octanol–water partition coefficient (Wildman–Crippen LogP) is 4.55. The summed E-state index contributed by atoms with van der Waals surface area (Å²) >= 11 is 0. The minimum absolute atomic E-state index is 0.0442. The van der Waals surface area contributed by atoms with Gasteiger partial charge in [0.2, 0.25) is 5.91 Å². The van der Waals surface area contributed by atoms with Crippen LogP contribution in [0.2, 0.25) is 0 Å². The highest BCUT2D eigenvalue weighted by atomic mass is 19.4. The van der Waals surface area contributed by atoms with Gasteiger partial charge < -0.3 is 15.4 Å². The molecular formula is C19H21F3N2O2. The van der Waals surface area contributed by atoms with Crippen LogP contribution in [0.25, 0.3) is 0 Å². The Morgan fingerprint density at radius 2 is 1.85 bits per heavy atom. The van der Waals surface area contributed by atoms with Crippen molar-refractivity contribution in [3.63, 3.8) is 0 Å². The van der Waals surface area contributed by atoms with E-state index in [0.717, 1.165) is 23.2 Å². The van der Waals surface area contributed by atoms with Gasteiger partial charge in [-0.1, -0.05) is 37.3 Å². The molecule has 0 aliphatic heterocycles. The maximum atomic E-state index is 12.3. The number of carbonyl (C=O) groups excluding carboxylic acids is 1. The summed E-state index contributed by atoms with van der Waals surface area (Å²) < 4.78 is 41.8. The zero-order chi connectivity index (χ0) is 19.2. The third-order valence-corrected chi connectivity index (χ3v) is 3.72. The van der Waals surface area contributed by atoms with Crippen LogP contribution in [0, 0.1) is 6.92 Å². The number of amides is 1. The summed E-state index contributed by atoms with van der Waals surface area (Å²) in [5.41, 5.74) is 3.06. The highest BCUT2D eigenvalue weighted by Gasteiger charge is 2.28. The van der Waals surface area contributed by atoms with Gasteiger partial charge in [0, 0.05) is 5.69 Å². The number of hydrogen-bond acceptors (Lipinski definition) is 3.